The van der Waals surface area contributed by atoms with Crippen molar-refractivity contribution in [1.82, 2.24) is 9.55 Å². The first-order chi connectivity index (χ1) is 16.3. The Hall–Kier alpha value is -3.75. The number of pyridine rings is 2. The fourth-order valence-corrected chi connectivity index (χ4v) is 3.98. The number of hydrogen-bond acceptors (Lipinski definition) is 5. The molecule has 34 heavy (non-hydrogen) atoms. The van der Waals surface area contributed by atoms with Crippen LogP contribution < -0.4 is 10.2 Å². The van der Waals surface area contributed by atoms with E-state index in [4.69, 9.17) is 16.3 Å². The largest absolute Gasteiger partial charge is 0.481 e. The zero-order valence-electron chi connectivity index (χ0n) is 18.0. The zero-order valence-corrected chi connectivity index (χ0v) is 18.8. The Kier molecular flexibility index (Phi) is 6.63. The van der Waals surface area contributed by atoms with Gasteiger partial charge in [-0.25, -0.2) is 9.18 Å². The zero-order chi connectivity index (χ0) is 24.4. The van der Waals surface area contributed by atoms with Crippen LogP contribution in [0.5, 0.6) is 5.88 Å². The quantitative estimate of drug-likeness (QED) is 0.409. The number of rotatable bonds is 7. The summed E-state index contributed by atoms with van der Waals surface area (Å²) in [6, 6.07) is 14.8. The van der Waals surface area contributed by atoms with E-state index in [1.807, 2.05) is 6.07 Å². The molecule has 2 heterocycles. The van der Waals surface area contributed by atoms with Gasteiger partial charge in [0.25, 0.3) is 0 Å². The molecule has 0 saturated heterocycles. The molecule has 4 rings (SSSR count). The number of halogens is 2. The Labute approximate surface area is 198 Å². The van der Waals surface area contributed by atoms with Crippen LogP contribution in [0, 0.1) is 5.82 Å². The van der Waals surface area contributed by atoms with Gasteiger partial charge in [0.2, 0.25) is 11.3 Å². The summed E-state index contributed by atoms with van der Waals surface area (Å²) in [6.45, 7) is -0.0561. The highest BCUT2D eigenvalue weighted by molar-refractivity contribution is 6.30. The molecule has 9 heteroatoms. The van der Waals surface area contributed by atoms with Gasteiger partial charge in [0.05, 0.1) is 30.2 Å². The van der Waals surface area contributed by atoms with E-state index >= 15 is 0 Å². The number of methoxy groups -OCH3 is 1. The molecule has 0 aliphatic carbocycles. The lowest BCUT2D eigenvalue weighted by Gasteiger charge is -2.18. The van der Waals surface area contributed by atoms with Crippen molar-refractivity contribution in [3.8, 4) is 5.88 Å². The molecule has 0 saturated carbocycles. The van der Waals surface area contributed by atoms with Crippen molar-refractivity contribution >= 4 is 28.6 Å². The fraction of sp³-hybridized carbons (Fsp3) is 0.160. The number of aliphatic hydroxyl groups is 1. The molecule has 0 aliphatic rings. The second-order valence-electron chi connectivity index (χ2n) is 7.67. The lowest BCUT2D eigenvalue weighted by Crippen LogP contribution is -2.22. The highest BCUT2D eigenvalue weighted by Crippen LogP contribution is 2.27. The van der Waals surface area contributed by atoms with E-state index in [0.717, 1.165) is 6.20 Å². The third-order valence-electron chi connectivity index (χ3n) is 5.48. The SMILES string of the molecule is COc1nc2c(cc1Cc1cccc(Cl)c1F)c(=O)c(C(=O)O)cn2CC(O)c1ccccc1. The molecule has 1 atom stereocenters. The lowest BCUT2D eigenvalue weighted by atomic mass is 10.0. The molecule has 4 aromatic rings. The summed E-state index contributed by atoms with van der Waals surface area (Å²) < 4.78 is 21.3. The Morgan fingerprint density at radius 1 is 1.18 bits per heavy atom. The molecular formula is C25H20ClFN2O5. The number of carboxylic acid groups (broad SMARTS) is 1. The topological polar surface area (TPSA) is 102 Å². The second kappa shape index (κ2) is 9.62. The van der Waals surface area contributed by atoms with Gasteiger partial charge < -0.3 is 19.5 Å². The Morgan fingerprint density at radius 2 is 1.91 bits per heavy atom. The van der Waals surface area contributed by atoms with Crippen LogP contribution in [0.3, 0.4) is 0 Å². The van der Waals surface area contributed by atoms with Gasteiger partial charge in [0, 0.05) is 18.2 Å². The van der Waals surface area contributed by atoms with Crippen molar-refractivity contribution in [1.29, 1.82) is 0 Å². The number of ether oxygens (including phenoxy) is 1. The fourth-order valence-electron chi connectivity index (χ4n) is 3.79. The van der Waals surface area contributed by atoms with E-state index in [0.29, 0.717) is 11.1 Å². The van der Waals surface area contributed by atoms with Crippen molar-refractivity contribution in [3.05, 3.63) is 104 Å². The summed E-state index contributed by atoms with van der Waals surface area (Å²) in [5.74, 6) is -1.88. The first kappa shape index (κ1) is 23.4. The molecule has 0 aliphatic heterocycles. The number of benzene rings is 2. The minimum absolute atomic E-state index is 0.0124. The molecule has 0 fully saturated rings. The van der Waals surface area contributed by atoms with E-state index in [9.17, 15) is 24.2 Å². The molecule has 0 radical (unpaired) electrons. The Bertz CT molecular complexity index is 1440. The smallest absolute Gasteiger partial charge is 0.341 e. The van der Waals surface area contributed by atoms with Gasteiger partial charge in [-0.15, -0.1) is 0 Å². The summed E-state index contributed by atoms with van der Waals surface area (Å²) in [5.41, 5.74) is 0.186. The maximum atomic E-state index is 14.5. The third kappa shape index (κ3) is 4.50. The van der Waals surface area contributed by atoms with Gasteiger partial charge in [-0.2, -0.15) is 4.98 Å². The van der Waals surface area contributed by atoms with Gasteiger partial charge in [-0.05, 0) is 23.3 Å². The van der Waals surface area contributed by atoms with Gasteiger partial charge in [0.15, 0.2) is 0 Å². The number of carboxylic acids is 1. The van der Waals surface area contributed by atoms with E-state index in [-0.39, 0.29) is 40.5 Å². The van der Waals surface area contributed by atoms with Crippen molar-refractivity contribution in [2.75, 3.05) is 7.11 Å². The van der Waals surface area contributed by atoms with Gasteiger partial charge in [-0.1, -0.05) is 54.1 Å². The highest BCUT2D eigenvalue weighted by atomic mass is 35.5. The first-order valence-corrected chi connectivity index (χ1v) is 10.7. The molecule has 1 unspecified atom stereocenters. The number of aromatic carboxylic acids is 1. The van der Waals surface area contributed by atoms with Crippen molar-refractivity contribution in [2.45, 2.75) is 19.1 Å². The highest BCUT2D eigenvalue weighted by Gasteiger charge is 2.21. The molecule has 2 aromatic carbocycles. The average molecular weight is 483 g/mol. The Balaban J connectivity index is 1.88. The van der Waals surface area contributed by atoms with Gasteiger partial charge in [-0.3, -0.25) is 4.79 Å². The predicted molar refractivity (Wildman–Crippen MR) is 125 cm³/mol. The summed E-state index contributed by atoms with van der Waals surface area (Å²) >= 11 is 5.89. The van der Waals surface area contributed by atoms with Gasteiger partial charge in [0.1, 0.15) is 17.0 Å². The molecule has 0 amide bonds. The van der Waals surface area contributed by atoms with Gasteiger partial charge >= 0.3 is 5.97 Å². The maximum absolute atomic E-state index is 14.5. The van der Waals surface area contributed by atoms with Crippen LogP contribution in [-0.2, 0) is 13.0 Å². The molecule has 0 bridgehead atoms. The van der Waals surface area contributed by atoms with Crippen LogP contribution in [0.15, 0.2) is 65.6 Å². The summed E-state index contributed by atoms with van der Waals surface area (Å²) in [7, 11) is 1.39. The van der Waals surface area contributed by atoms with Crippen LogP contribution >= 0.6 is 11.6 Å². The minimum atomic E-state index is -1.41. The van der Waals surface area contributed by atoms with E-state index < -0.39 is 28.9 Å². The van der Waals surface area contributed by atoms with Crippen LogP contribution in [0.4, 0.5) is 4.39 Å². The number of hydrogen-bond donors (Lipinski definition) is 2. The number of carbonyl (C=O) groups is 1. The van der Waals surface area contributed by atoms with E-state index in [2.05, 4.69) is 4.98 Å². The molecule has 2 aromatic heterocycles. The Morgan fingerprint density at radius 3 is 2.59 bits per heavy atom. The summed E-state index contributed by atoms with van der Waals surface area (Å²) in [6.07, 6.45) is 0.186. The summed E-state index contributed by atoms with van der Waals surface area (Å²) in [5, 5.41) is 20.3. The number of nitrogens with zero attached hydrogens (tertiary/aromatic N) is 2. The van der Waals surface area contributed by atoms with E-state index in [1.165, 1.54) is 23.8 Å². The third-order valence-corrected chi connectivity index (χ3v) is 5.77. The first-order valence-electron chi connectivity index (χ1n) is 10.3. The van der Waals surface area contributed by atoms with Crippen LogP contribution in [0.25, 0.3) is 11.0 Å². The predicted octanol–water partition coefficient (Wildman–Crippen LogP) is 4.22. The lowest BCUT2D eigenvalue weighted by molar-refractivity contribution is 0.0694. The van der Waals surface area contributed by atoms with Crippen molar-refractivity contribution in [3.63, 3.8) is 0 Å². The average Bonchev–Trinajstić information content (AvgIpc) is 2.83. The van der Waals surface area contributed by atoms with Crippen LogP contribution in [-0.4, -0.2) is 32.8 Å². The molecule has 7 nitrogen and oxygen atoms in total. The molecule has 0 spiro atoms. The number of aliphatic hydroxyl groups excluding tert-OH is 1. The monoisotopic (exact) mass is 482 g/mol. The summed E-state index contributed by atoms with van der Waals surface area (Å²) in [4.78, 5) is 29.2. The molecular weight excluding hydrogens is 463 g/mol. The van der Waals surface area contributed by atoms with Crippen LogP contribution in [0.2, 0.25) is 5.02 Å². The van der Waals surface area contributed by atoms with Crippen molar-refractivity contribution < 1.29 is 24.1 Å². The maximum Gasteiger partial charge on any atom is 0.341 e. The van der Waals surface area contributed by atoms with Crippen LogP contribution in [0.1, 0.15) is 33.2 Å². The molecule has 2 N–H and O–H groups in total. The number of fused-ring (bicyclic) bond motifs is 1. The minimum Gasteiger partial charge on any atom is -0.481 e. The molecule has 174 valence electrons. The standard InChI is InChI=1S/C25H20ClFN2O5/c1-34-24-16(10-15-8-5-9-19(26)21(15)27)11-17-22(31)18(25(32)33)12-29(23(17)28-24)13-20(30)14-6-3-2-4-7-14/h2-9,11-12,20,30H,10,13H2,1H3,(H,32,33). The number of aromatic nitrogens is 2. The van der Waals surface area contributed by atoms with E-state index in [1.54, 1.807) is 36.4 Å². The van der Waals surface area contributed by atoms with Crippen molar-refractivity contribution in [2.24, 2.45) is 0 Å². The normalized spacial score (nSPS) is 12.0. The second-order valence-corrected chi connectivity index (χ2v) is 8.08.